The number of hydrogen-bond donors (Lipinski definition) is 1. The quantitative estimate of drug-likeness (QED) is 0.890. The molecule has 1 aliphatic rings. The van der Waals surface area contributed by atoms with Crippen LogP contribution in [0.25, 0.3) is 0 Å². The summed E-state index contributed by atoms with van der Waals surface area (Å²) in [7, 11) is 1.86. The first kappa shape index (κ1) is 13.5. The van der Waals surface area contributed by atoms with Crippen molar-refractivity contribution in [1.82, 2.24) is 15.1 Å². The number of hydrogen-bond acceptors (Lipinski definition) is 4. The smallest absolute Gasteiger partial charge is 0.290 e. The zero-order chi connectivity index (χ0) is 13.8. The number of ether oxygens (including phenoxy) is 2. The molecule has 0 saturated carbocycles. The van der Waals surface area contributed by atoms with E-state index in [9.17, 15) is 4.79 Å². The lowest BCUT2D eigenvalue weighted by Gasteiger charge is -2.22. The molecule has 104 valence electrons. The molecule has 0 radical (unpaired) electrons. The van der Waals surface area contributed by atoms with Gasteiger partial charge in [0.25, 0.3) is 5.91 Å². The van der Waals surface area contributed by atoms with Crippen LogP contribution in [0.4, 0.5) is 0 Å². The molecule has 0 spiro atoms. The Kier molecular flexibility index (Phi) is 4.09. The summed E-state index contributed by atoms with van der Waals surface area (Å²) in [4.78, 5) is 12.2. The number of aromatic nitrogens is 2. The minimum atomic E-state index is -0.245. The molecule has 6 nitrogen and oxygen atoms in total. The van der Waals surface area contributed by atoms with Crippen molar-refractivity contribution in [3.8, 4) is 0 Å². The molecule has 0 fully saturated rings. The van der Waals surface area contributed by atoms with Crippen LogP contribution in [0.3, 0.4) is 0 Å². The van der Waals surface area contributed by atoms with Crippen LogP contribution in [0, 0.1) is 0 Å². The molecule has 0 aromatic carbocycles. The molecule has 1 amide bonds. The molecule has 0 saturated heterocycles. The van der Waals surface area contributed by atoms with Crippen molar-refractivity contribution < 1.29 is 14.3 Å². The Labute approximate surface area is 112 Å². The Bertz CT molecular complexity index is 493. The van der Waals surface area contributed by atoms with Crippen LogP contribution in [0.15, 0.2) is 23.8 Å². The zero-order valence-corrected chi connectivity index (χ0v) is 11.5. The maximum Gasteiger partial charge on any atom is 0.290 e. The highest BCUT2D eigenvalue weighted by Gasteiger charge is 2.23. The van der Waals surface area contributed by atoms with Crippen molar-refractivity contribution >= 4 is 5.91 Å². The lowest BCUT2D eigenvalue weighted by Crippen LogP contribution is -2.33. The Morgan fingerprint density at radius 1 is 1.53 bits per heavy atom. The summed E-state index contributed by atoms with van der Waals surface area (Å²) in [5.74, 6) is 0.556. The first-order chi connectivity index (χ1) is 9.13. The third-order valence-electron chi connectivity index (χ3n) is 3.10. The number of rotatable bonds is 4. The number of carbonyl (C=O) groups is 1. The lowest BCUT2D eigenvalue weighted by molar-refractivity contribution is -0.123. The van der Waals surface area contributed by atoms with Gasteiger partial charge >= 0.3 is 0 Å². The second-order valence-corrected chi connectivity index (χ2v) is 4.40. The summed E-state index contributed by atoms with van der Waals surface area (Å²) in [6.45, 7) is 4.64. The van der Waals surface area contributed by atoms with Gasteiger partial charge in [0.1, 0.15) is 19.0 Å². The third-order valence-corrected chi connectivity index (χ3v) is 3.10. The summed E-state index contributed by atoms with van der Waals surface area (Å²) < 4.78 is 12.4. The lowest BCUT2D eigenvalue weighted by atomic mass is 10.1. The molecule has 0 aliphatic carbocycles. The van der Waals surface area contributed by atoms with Gasteiger partial charge in [0, 0.05) is 13.2 Å². The highest BCUT2D eigenvalue weighted by molar-refractivity contribution is 5.92. The van der Waals surface area contributed by atoms with Gasteiger partial charge in [-0.1, -0.05) is 6.92 Å². The first-order valence-corrected chi connectivity index (χ1v) is 6.38. The Balaban J connectivity index is 2.11. The number of nitrogens with zero attached hydrogens (tertiary/aromatic N) is 2. The van der Waals surface area contributed by atoms with E-state index in [2.05, 4.69) is 10.4 Å². The SMILES string of the molecule is CCC(NC(=O)C1=C(C)OCCO1)c1ccnn1C. The average Bonchev–Trinajstić information content (AvgIpc) is 2.82. The number of amides is 1. The van der Waals surface area contributed by atoms with E-state index in [1.165, 1.54) is 0 Å². The van der Waals surface area contributed by atoms with Gasteiger partial charge in [-0.05, 0) is 19.4 Å². The van der Waals surface area contributed by atoms with Crippen LogP contribution in [0.1, 0.15) is 32.0 Å². The van der Waals surface area contributed by atoms with E-state index in [0.29, 0.717) is 19.0 Å². The molecule has 1 atom stereocenters. The van der Waals surface area contributed by atoms with E-state index in [1.54, 1.807) is 17.8 Å². The van der Waals surface area contributed by atoms with Gasteiger partial charge in [0.2, 0.25) is 5.76 Å². The average molecular weight is 265 g/mol. The summed E-state index contributed by atoms with van der Waals surface area (Å²) in [5.41, 5.74) is 0.964. The predicted octanol–water partition coefficient (Wildman–Crippen LogP) is 1.27. The van der Waals surface area contributed by atoms with E-state index in [-0.39, 0.29) is 17.7 Å². The maximum absolute atomic E-state index is 12.2. The van der Waals surface area contributed by atoms with E-state index in [1.807, 2.05) is 20.0 Å². The first-order valence-electron chi connectivity index (χ1n) is 6.38. The molecule has 1 aliphatic heterocycles. The molecule has 1 aromatic rings. The summed E-state index contributed by atoms with van der Waals surface area (Å²) in [6.07, 6.45) is 2.49. The minimum absolute atomic E-state index is 0.0918. The van der Waals surface area contributed by atoms with Gasteiger partial charge in [0.05, 0.1) is 11.7 Å². The normalized spacial score (nSPS) is 16.6. The van der Waals surface area contributed by atoms with Gasteiger partial charge in [-0.25, -0.2) is 0 Å². The van der Waals surface area contributed by atoms with Crippen LogP contribution in [0.2, 0.25) is 0 Å². The fourth-order valence-electron chi connectivity index (χ4n) is 2.07. The highest BCUT2D eigenvalue weighted by atomic mass is 16.6. The molecule has 1 N–H and O–H groups in total. The van der Waals surface area contributed by atoms with Crippen LogP contribution < -0.4 is 5.32 Å². The second-order valence-electron chi connectivity index (χ2n) is 4.40. The highest BCUT2D eigenvalue weighted by Crippen LogP contribution is 2.18. The van der Waals surface area contributed by atoms with Gasteiger partial charge in [0.15, 0.2) is 0 Å². The van der Waals surface area contributed by atoms with Crippen LogP contribution in [-0.2, 0) is 21.3 Å². The number of allylic oxidation sites excluding steroid dienone is 1. The third kappa shape index (κ3) is 2.89. The molecule has 6 heteroatoms. The molecule has 0 bridgehead atoms. The van der Waals surface area contributed by atoms with E-state index < -0.39 is 0 Å². The topological polar surface area (TPSA) is 65.4 Å². The van der Waals surface area contributed by atoms with Crippen molar-refractivity contribution in [1.29, 1.82) is 0 Å². The standard InChI is InChI=1S/C13H19N3O3/c1-4-10(11-5-6-14-16(11)3)15-13(17)12-9(2)18-7-8-19-12/h5-6,10H,4,7-8H2,1-3H3,(H,15,17). The van der Waals surface area contributed by atoms with Crippen LogP contribution in [0.5, 0.6) is 0 Å². The van der Waals surface area contributed by atoms with Crippen molar-refractivity contribution in [3.63, 3.8) is 0 Å². The van der Waals surface area contributed by atoms with E-state index >= 15 is 0 Å². The Morgan fingerprint density at radius 3 is 2.84 bits per heavy atom. The fourth-order valence-corrected chi connectivity index (χ4v) is 2.07. The second kappa shape index (κ2) is 5.77. The fraction of sp³-hybridized carbons (Fsp3) is 0.538. The predicted molar refractivity (Wildman–Crippen MR) is 69.0 cm³/mol. The molecular formula is C13H19N3O3. The molecule has 1 unspecified atom stereocenters. The monoisotopic (exact) mass is 265 g/mol. The zero-order valence-electron chi connectivity index (χ0n) is 11.5. The Hall–Kier alpha value is -1.98. The molecule has 1 aromatic heterocycles. The van der Waals surface area contributed by atoms with Crippen LogP contribution in [-0.4, -0.2) is 28.9 Å². The van der Waals surface area contributed by atoms with Crippen molar-refractivity contribution in [2.45, 2.75) is 26.3 Å². The minimum Gasteiger partial charge on any atom is -0.491 e. The molecular weight excluding hydrogens is 246 g/mol. The van der Waals surface area contributed by atoms with Crippen molar-refractivity contribution in [2.75, 3.05) is 13.2 Å². The maximum atomic E-state index is 12.2. The number of aryl methyl sites for hydroxylation is 1. The van der Waals surface area contributed by atoms with Crippen molar-refractivity contribution in [2.24, 2.45) is 7.05 Å². The summed E-state index contributed by atoms with van der Waals surface area (Å²) in [6, 6.07) is 1.80. The van der Waals surface area contributed by atoms with Gasteiger partial charge in [-0.3, -0.25) is 9.48 Å². The summed E-state index contributed by atoms with van der Waals surface area (Å²) >= 11 is 0. The molecule has 19 heavy (non-hydrogen) atoms. The number of carbonyl (C=O) groups excluding carboxylic acids is 1. The largest absolute Gasteiger partial charge is 0.491 e. The Morgan fingerprint density at radius 2 is 2.26 bits per heavy atom. The van der Waals surface area contributed by atoms with Crippen LogP contribution >= 0.6 is 0 Å². The van der Waals surface area contributed by atoms with Gasteiger partial charge in [-0.2, -0.15) is 5.10 Å². The van der Waals surface area contributed by atoms with E-state index in [4.69, 9.17) is 9.47 Å². The van der Waals surface area contributed by atoms with Gasteiger partial charge in [-0.15, -0.1) is 0 Å². The molecule has 2 heterocycles. The summed E-state index contributed by atoms with van der Waals surface area (Å²) in [5, 5.41) is 7.07. The van der Waals surface area contributed by atoms with Crippen molar-refractivity contribution in [3.05, 3.63) is 29.5 Å². The number of nitrogens with one attached hydrogen (secondary N) is 1. The molecule has 2 rings (SSSR count). The van der Waals surface area contributed by atoms with E-state index in [0.717, 1.165) is 12.1 Å². The van der Waals surface area contributed by atoms with Gasteiger partial charge < -0.3 is 14.8 Å².